The molecule has 0 aromatic rings. The molecule has 96 valence electrons. The second-order valence-corrected chi connectivity index (χ2v) is 3.76. The van der Waals surface area contributed by atoms with Crippen molar-refractivity contribution in [2.24, 2.45) is 5.92 Å². The van der Waals surface area contributed by atoms with E-state index in [1.807, 2.05) is 13.8 Å². The van der Waals surface area contributed by atoms with Crippen LogP contribution in [-0.2, 0) is 14.3 Å². The van der Waals surface area contributed by atoms with Gasteiger partial charge >= 0.3 is 5.97 Å². The molecule has 5 nitrogen and oxygen atoms in total. The summed E-state index contributed by atoms with van der Waals surface area (Å²) in [4.78, 5) is 10.9. The van der Waals surface area contributed by atoms with E-state index in [1.54, 1.807) is 6.92 Å². The minimum Gasteiger partial charge on any atom is -0.464 e. The normalized spacial score (nSPS) is 14.5. The summed E-state index contributed by atoms with van der Waals surface area (Å²) in [7, 11) is 0. The van der Waals surface area contributed by atoms with Gasteiger partial charge in [0.25, 0.3) is 0 Å². The number of ether oxygens (including phenoxy) is 2. The van der Waals surface area contributed by atoms with Gasteiger partial charge in [-0.05, 0) is 19.8 Å². The Labute approximate surface area is 97.1 Å². The van der Waals surface area contributed by atoms with E-state index >= 15 is 0 Å². The molecule has 0 bridgehead atoms. The van der Waals surface area contributed by atoms with Gasteiger partial charge in [-0.15, -0.1) is 0 Å². The van der Waals surface area contributed by atoms with Crippen LogP contribution >= 0.6 is 0 Å². The van der Waals surface area contributed by atoms with E-state index in [1.165, 1.54) is 0 Å². The first-order valence-corrected chi connectivity index (χ1v) is 5.69. The summed E-state index contributed by atoms with van der Waals surface area (Å²) in [5.41, 5.74) is 0. The number of carbonyl (C=O) groups excluding carboxylic acids is 1. The zero-order chi connectivity index (χ0) is 12.4. The van der Waals surface area contributed by atoms with Crippen LogP contribution in [0.3, 0.4) is 0 Å². The molecule has 0 aromatic heterocycles. The average molecular weight is 233 g/mol. The number of carbonyl (C=O) groups is 1. The molecule has 0 heterocycles. The fourth-order valence-electron chi connectivity index (χ4n) is 1.08. The molecule has 2 unspecified atom stereocenters. The van der Waals surface area contributed by atoms with Crippen molar-refractivity contribution in [1.29, 1.82) is 0 Å². The number of aliphatic hydroxyl groups is 1. The van der Waals surface area contributed by atoms with E-state index in [4.69, 9.17) is 14.6 Å². The molecule has 2 atom stereocenters. The molecule has 0 radical (unpaired) electrons. The van der Waals surface area contributed by atoms with Crippen LogP contribution in [-0.4, -0.2) is 50.1 Å². The highest BCUT2D eigenvalue weighted by Crippen LogP contribution is 1.99. The van der Waals surface area contributed by atoms with E-state index in [9.17, 15) is 4.79 Å². The second kappa shape index (κ2) is 9.57. The van der Waals surface area contributed by atoms with Crippen molar-refractivity contribution in [2.45, 2.75) is 26.8 Å². The Bertz CT molecular complexity index is 187. The highest BCUT2D eigenvalue weighted by atomic mass is 16.6. The van der Waals surface area contributed by atoms with Gasteiger partial charge in [-0.2, -0.15) is 0 Å². The van der Waals surface area contributed by atoms with Gasteiger partial charge in [0.2, 0.25) is 0 Å². The van der Waals surface area contributed by atoms with Crippen molar-refractivity contribution >= 4 is 5.97 Å². The molecular formula is C11H23NO4. The quantitative estimate of drug-likeness (QED) is 0.439. The van der Waals surface area contributed by atoms with E-state index in [0.29, 0.717) is 19.8 Å². The minimum atomic E-state index is -0.334. The van der Waals surface area contributed by atoms with Crippen LogP contribution in [0.1, 0.15) is 20.8 Å². The highest BCUT2D eigenvalue weighted by molar-refractivity contribution is 5.70. The summed E-state index contributed by atoms with van der Waals surface area (Å²) in [5.74, 6) is -0.121. The second-order valence-electron chi connectivity index (χ2n) is 3.76. The summed E-state index contributed by atoms with van der Waals surface area (Å²) in [6.07, 6.45) is 0. The number of esters is 1. The molecule has 0 saturated carbocycles. The standard InChI is InChI=1S/C11H23NO4/c1-4-16-11(14)8-15-6-5-12-10(3)9(2)7-13/h9-10,12-13H,4-8H2,1-3H3. The monoisotopic (exact) mass is 233 g/mol. The van der Waals surface area contributed by atoms with E-state index < -0.39 is 0 Å². The fraction of sp³-hybridized carbons (Fsp3) is 0.909. The predicted molar refractivity (Wildman–Crippen MR) is 61.2 cm³/mol. The zero-order valence-corrected chi connectivity index (χ0v) is 10.4. The molecule has 0 rings (SSSR count). The average Bonchev–Trinajstić information content (AvgIpc) is 2.27. The number of hydrogen-bond acceptors (Lipinski definition) is 5. The van der Waals surface area contributed by atoms with Crippen molar-refractivity contribution in [2.75, 3.05) is 33.0 Å². The molecule has 0 amide bonds. The van der Waals surface area contributed by atoms with Gasteiger partial charge in [-0.25, -0.2) is 4.79 Å². The Kier molecular flexibility index (Phi) is 9.18. The van der Waals surface area contributed by atoms with Crippen LogP contribution in [0.25, 0.3) is 0 Å². The Morgan fingerprint density at radius 3 is 2.69 bits per heavy atom. The number of hydrogen-bond donors (Lipinski definition) is 2. The summed E-state index contributed by atoms with van der Waals surface area (Å²) < 4.78 is 9.82. The van der Waals surface area contributed by atoms with Gasteiger partial charge in [0, 0.05) is 19.2 Å². The number of nitrogens with one attached hydrogen (secondary N) is 1. The third kappa shape index (κ3) is 7.62. The summed E-state index contributed by atoms with van der Waals surface area (Å²) in [5, 5.41) is 12.1. The molecule has 0 aliphatic heterocycles. The van der Waals surface area contributed by atoms with Crippen molar-refractivity contribution in [3.63, 3.8) is 0 Å². The maximum atomic E-state index is 10.9. The summed E-state index contributed by atoms with van der Waals surface area (Å²) in [6, 6.07) is 0.233. The smallest absolute Gasteiger partial charge is 0.332 e. The lowest BCUT2D eigenvalue weighted by atomic mass is 10.1. The minimum absolute atomic E-state index is 0.000541. The van der Waals surface area contributed by atoms with Crippen molar-refractivity contribution in [3.05, 3.63) is 0 Å². The van der Waals surface area contributed by atoms with Crippen LogP contribution in [0.15, 0.2) is 0 Å². The van der Waals surface area contributed by atoms with Crippen LogP contribution < -0.4 is 5.32 Å². The predicted octanol–water partition coefficient (Wildman–Crippen LogP) is 0.173. The first-order chi connectivity index (χ1) is 7.61. The van der Waals surface area contributed by atoms with Gasteiger partial charge < -0.3 is 19.9 Å². The molecule has 16 heavy (non-hydrogen) atoms. The molecule has 5 heteroatoms. The maximum absolute atomic E-state index is 10.9. The molecule has 0 saturated heterocycles. The lowest BCUT2D eigenvalue weighted by Gasteiger charge is -2.19. The molecule has 2 N–H and O–H groups in total. The van der Waals surface area contributed by atoms with Gasteiger partial charge in [0.1, 0.15) is 6.61 Å². The van der Waals surface area contributed by atoms with Crippen molar-refractivity contribution in [3.8, 4) is 0 Å². The molecule has 0 aliphatic carbocycles. The third-order valence-electron chi connectivity index (χ3n) is 2.38. The first kappa shape index (κ1) is 15.3. The Morgan fingerprint density at radius 2 is 2.12 bits per heavy atom. The molecule has 0 spiro atoms. The summed E-state index contributed by atoms with van der Waals surface area (Å²) in [6.45, 7) is 7.40. The van der Waals surface area contributed by atoms with Gasteiger partial charge in [-0.3, -0.25) is 0 Å². The lowest BCUT2D eigenvalue weighted by Crippen LogP contribution is -2.36. The molecule has 0 aliphatic rings. The first-order valence-electron chi connectivity index (χ1n) is 5.69. The van der Waals surface area contributed by atoms with E-state index in [2.05, 4.69) is 5.32 Å². The Morgan fingerprint density at radius 1 is 1.44 bits per heavy atom. The third-order valence-corrected chi connectivity index (χ3v) is 2.38. The van der Waals surface area contributed by atoms with Gasteiger partial charge in [0.15, 0.2) is 0 Å². The lowest BCUT2D eigenvalue weighted by molar-refractivity contribution is -0.148. The zero-order valence-electron chi connectivity index (χ0n) is 10.4. The van der Waals surface area contributed by atoms with Crippen LogP contribution in [0.5, 0.6) is 0 Å². The largest absolute Gasteiger partial charge is 0.464 e. The van der Waals surface area contributed by atoms with Crippen LogP contribution in [0, 0.1) is 5.92 Å². The van der Waals surface area contributed by atoms with Gasteiger partial charge in [-0.1, -0.05) is 6.92 Å². The van der Waals surface area contributed by atoms with E-state index in [0.717, 1.165) is 0 Å². The van der Waals surface area contributed by atoms with E-state index in [-0.39, 0.29) is 31.1 Å². The highest BCUT2D eigenvalue weighted by Gasteiger charge is 2.09. The van der Waals surface area contributed by atoms with Crippen molar-refractivity contribution in [1.82, 2.24) is 5.32 Å². The Hall–Kier alpha value is -0.650. The molecule has 0 aromatic carbocycles. The molecule has 0 fully saturated rings. The van der Waals surface area contributed by atoms with Crippen molar-refractivity contribution < 1.29 is 19.4 Å². The molecular weight excluding hydrogens is 210 g/mol. The number of rotatable bonds is 9. The van der Waals surface area contributed by atoms with Crippen LogP contribution in [0.2, 0.25) is 0 Å². The fourth-order valence-corrected chi connectivity index (χ4v) is 1.08. The summed E-state index contributed by atoms with van der Waals surface area (Å²) >= 11 is 0. The van der Waals surface area contributed by atoms with Gasteiger partial charge in [0.05, 0.1) is 13.2 Å². The topological polar surface area (TPSA) is 67.8 Å². The Balaban J connectivity index is 3.36. The number of aliphatic hydroxyl groups excluding tert-OH is 1. The maximum Gasteiger partial charge on any atom is 0.332 e. The SMILES string of the molecule is CCOC(=O)COCCNC(C)C(C)CO. The van der Waals surface area contributed by atoms with Crippen LogP contribution in [0.4, 0.5) is 0 Å².